The molecule has 0 saturated carbocycles. The Morgan fingerprint density at radius 2 is 1.38 bits per heavy atom. The number of imide groups is 1. The number of hydrogen-bond acceptors (Lipinski definition) is 10. The second-order valence-electron chi connectivity index (χ2n) is 4.94. The van der Waals surface area contributed by atoms with E-state index in [-0.39, 0.29) is 17.9 Å². The topological polar surface area (TPSA) is 168 Å². The van der Waals surface area contributed by atoms with Crippen LogP contribution < -0.4 is 0 Å². The van der Waals surface area contributed by atoms with Crippen molar-refractivity contribution < 1.29 is 48.7 Å². The molecule has 2 fully saturated rings. The summed E-state index contributed by atoms with van der Waals surface area (Å²) in [6.45, 7) is -0.519. The molecule has 24 heavy (non-hydrogen) atoms. The van der Waals surface area contributed by atoms with Crippen LogP contribution >= 0.6 is 0 Å². The van der Waals surface area contributed by atoms with Crippen LogP contribution in [0.5, 0.6) is 0 Å². The van der Waals surface area contributed by atoms with Gasteiger partial charge < -0.3 is 19.9 Å². The van der Waals surface area contributed by atoms with Gasteiger partial charge in [-0.15, -0.1) is 5.06 Å². The van der Waals surface area contributed by atoms with E-state index in [1.165, 1.54) is 0 Å². The van der Waals surface area contributed by atoms with Crippen LogP contribution in [-0.2, 0) is 38.4 Å². The van der Waals surface area contributed by atoms with Crippen molar-refractivity contribution in [3.05, 3.63) is 0 Å². The minimum Gasteiger partial charge on any atom is -0.379 e. The average Bonchev–Trinajstić information content (AvgIpc) is 3.00. The smallest absolute Gasteiger partial charge is 0.364 e. The zero-order chi connectivity index (χ0) is 18.0. The normalized spacial score (nSPS) is 20.4. The lowest BCUT2D eigenvalue weighted by Gasteiger charge is -2.20. The Hall–Kier alpha value is -2.86. The molecule has 0 aromatic carbocycles. The van der Waals surface area contributed by atoms with E-state index in [0.717, 1.165) is 0 Å². The Morgan fingerprint density at radius 1 is 0.875 bits per heavy atom. The number of aliphatic hydroxyl groups is 2. The second-order valence-corrected chi connectivity index (χ2v) is 4.94. The highest BCUT2D eigenvalue weighted by Crippen LogP contribution is 2.14. The highest BCUT2D eigenvalue weighted by Gasteiger charge is 2.40. The highest BCUT2D eigenvalue weighted by molar-refractivity contribution is 6.05. The summed E-state index contributed by atoms with van der Waals surface area (Å²) < 4.78 is 0. The van der Waals surface area contributed by atoms with Crippen LogP contribution in [0.2, 0.25) is 0 Å². The van der Waals surface area contributed by atoms with E-state index in [0.29, 0.717) is 5.06 Å². The van der Waals surface area contributed by atoms with Crippen LogP contribution in [-0.4, -0.2) is 74.5 Å². The van der Waals surface area contributed by atoms with E-state index in [1.54, 1.807) is 0 Å². The lowest BCUT2D eigenvalue weighted by atomic mass is 10.2. The Kier molecular flexibility index (Phi) is 4.90. The van der Waals surface area contributed by atoms with E-state index in [2.05, 4.69) is 9.68 Å². The van der Waals surface area contributed by atoms with Crippen LogP contribution in [0.1, 0.15) is 19.3 Å². The van der Waals surface area contributed by atoms with Gasteiger partial charge in [-0.2, -0.15) is 5.06 Å². The van der Waals surface area contributed by atoms with Gasteiger partial charge in [0.05, 0.1) is 6.42 Å². The van der Waals surface area contributed by atoms with Gasteiger partial charge in [0.15, 0.2) is 18.0 Å². The van der Waals surface area contributed by atoms with E-state index in [1.807, 2.05) is 0 Å². The van der Waals surface area contributed by atoms with Crippen molar-refractivity contribution in [2.45, 2.75) is 31.5 Å². The maximum atomic E-state index is 11.6. The predicted molar refractivity (Wildman–Crippen MR) is 66.6 cm³/mol. The standard InChI is InChI=1S/C12H12N2O10/c15-5-3-8(18)13(4-5)23-11(21)9(19)10(20)12(22)24-14-6(16)1-2-7(14)17/h9-10,19-20H,1-4H2/t9-,10-/m0/s1. The molecule has 2 heterocycles. The van der Waals surface area contributed by atoms with Gasteiger partial charge in [-0.05, 0) is 0 Å². The summed E-state index contributed by atoms with van der Waals surface area (Å²) >= 11 is 0. The minimum atomic E-state index is -2.48. The Bertz CT molecular complexity index is 613. The number of hydroxylamine groups is 4. The molecule has 0 spiro atoms. The zero-order valence-corrected chi connectivity index (χ0v) is 12.0. The largest absolute Gasteiger partial charge is 0.379 e. The number of nitrogens with zero attached hydrogens (tertiary/aromatic N) is 2. The molecule has 12 nitrogen and oxygen atoms in total. The van der Waals surface area contributed by atoms with Gasteiger partial charge in [0.25, 0.3) is 17.7 Å². The van der Waals surface area contributed by atoms with Crippen molar-refractivity contribution in [3.63, 3.8) is 0 Å². The number of hydrogen-bond donors (Lipinski definition) is 2. The molecule has 2 atom stereocenters. The van der Waals surface area contributed by atoms with E-state index in [9.17, 15) is 39.0 Å². The summed E-state index contributed by atoms with van der Waals surface area (Å²) in [5, 5.41) is 19.6. The number of amides is 3. The van der Waals surface area contributed by atoms with Crippen LogP contribution in [0.15, 0.2) is 0 Å². The summed E-state index contributed by atoms with van der Waals surface area (Å²) in [6.07, 6.45) is -5.79. The van der Waals surface area contributed by atoms with Gasteiger partial charge in [0.1, 0.15) is 6.54 Å². The van der Waals surface area contributed by atoms with E-state index < -0.39 is 60.6 Å². The molecule has 3 amide bonds. The fourth-order valence-corrected chi connectivity index (χ4v) is 1.87. The molecule has 2 rings (SSSR count). The summed E-state index contributed by atoms with van der Waals surface area (Å²) in [4.78, 5) is 76.6. The van der Waals surface area contributed by atoms with Gasteiger partial charge in [-0.1, -0.05) is 0 Å². The first-order valence-corrected chi connectivity index (χ1v) is 6.68. The lowest BCUT2D eigenvalue weighted by molar-refractivity contribution is -0.215. The molecule has 0 radical (unpaired) electrons. The monoisotopic (exact) mass is 344 g/mol. The van der Waals surface area contributed by atoms with Gasteiger partial charge in [0.2, 0.25) is 0 Å². The molecule has 0 bridgehead atoms. The van der Waals surface area contributed by atoms with E-state index in [4.69, 9.17) is 0 Å². The quantitative estimate of drug-likeness (QED) is 0.378. The molecular weight excluding hydrogens is 332 g/mol. The Balaban J connectivity index is 1.91. The second kappa shape index (κ2) is 6.72. The molecule has 0 aromatic rings. The van der Waals surface area contributed by atoms with Crippen LogP contribution in [0.3, 0.4) is 0 Å². The molecule has 130 valence electrons. The van der Waals surface area contributed by atoms with Crippen LogP contribution in [0.25, 0.3) is 0 Å². The van der Waals surface area contributed by atoms with Crippen molar-refractivity contribution in [2.75, 3.05) is 6.54 Å². The summed E-state index contributed by atoms with van der Waals surface area (Å²) in [5.74, 6) is -6.23. The SMILES string of the molecule is O=C1CC(=O)N(OC(=O)[C@@H](O)[C@H](O)C(=O)ON2C(=O)CCC2=O)C1. The number of carbonyl (C=O) groups is 6. The van der Waals surface area contributed by atoms with Gasteiger partial charge >= 0.3 is 11.9 Å². The summed E-state index contributed by atoms with van der Waals surface area (Å²) in [5.41, 5.74) is 0. The maximum absolute atomic E-state index is 11.6. The Morgan fingerprint density at radius 3 is 1.83 bits per heavy atom. The highest BCUT2D eigenvalue weighted by atomic mass is 16.7. The molecular formula is C12H12N2O10. The summed E-state index contributed by atoms with van der Waals surface area (Å²) in [6, 6.07) is 0. The fraction of sp³-hybridized carbons (Fsp3) is 0.500. The first-order valence-electron chi connectivity index (χ1n) is 6.68. The third-order valence-corrected chi connectivity index (χ3v) is 3.12. The summed E-state index contributed by atoms with van der Waals surface area (Å²) in [7, 11) is 0. The van der Waals surface area contributed by atoms with Crippen molar-refractivity contribution in [2.24, 2.45) is 0 Å². The van der Waals surface area contributed by atoms with Gasteiger partial charge in [-0.25, -0.2) is 9.59 Å². The fourth-order valence-electron chi connectivity index (χ4n) is 1.87. The lowest BCUT2D eigenvalue weighted by Crippen LogP contribution is -2.46. The molecule has 0 aliphatic carbocycles. The van der Waals surface area contributed by atoms with Crippen LogP contribution in [0.4, 0.5) is 0 Å². The van der Waals surface area contributed by atoms with Crippen molar-refractivity contribution in [1.82, 2.24) is 10.1 Å². The molecule has 2 aliphatic heterocycles. The van der Waals surface area contributed by atoms with Crippen LogP contribution in [0, 0.1) is 0 Å². The predicted octanol–water partition coefficient (Wildman–Crippen LogP) is -3.42. The average molecular weight is 344 g/mol. The number of carbonyl (C=O) groups excluding carboxylic acids is 6. The third kappa shape index (κ3) is 3.55. The minimum absolute atomic E-state index is 0.117. The van der Waals surface area contributed by atoms with Crippen molar-refractivity contribution in [3.8, 4) is 0 Å². The zero-order valence-electron chi connectivity index (χ0n) is 12.0. The molecule has 2 N–H and O–H groups in total. The first kappa shape index (κ1) is 17.5. The van der Waals surface area contributed by atoms with Crippen molar-refractivity contribution in [1.29, 1.82) is 0 Å². The number of Topliss-reactive ketones (excluding diaryl/α,β-unsaturated/α-hetero) is 1. The third-order valence-electron chi connectivity index (χ3n) is 3.12. The van der Waals surface area contributed by atoms with Gasteiger partial charge in [-0.3, -0.25) is 19.2 Å². The molecule has 12 heteroatoms. The number of aliphatic hydroxyl groups excluding tert-OH is 2. The van der Waals surface area contributed by atoms with Gasteiger partial charge in [0, 0.05) is 12.8 Å². The number of ketones is 1. The maximum Gasteiger partial charge on any atom is 0.364 e. The molecule has 2 aliphatic rings. The number of rotatable bonds is 5. The Labute approximate surface area is 133 Å². The van der Waals surface area contributed by atoms with E-state index >= 15 is 0 Å². The molecule has 0 unspecified atom stereocenters. The first-order chi connectivity index (χ1) is 11.2. The molecule has 2 saturated heterocycles. The van der Waals surface area contributed by atoms with Crippen molar-refractivity contribution >= 4 is 35.4 Å². The molecule has 0 aromatic heterocycles.